The Labute approximate surface area is 724 Å². The summed E-state index contributed by atoms with van der Waals surface area (Å²) < 4.78 is 25.9. The van der Waals surface area contributed by atoms with Crippen LogP contribution in [0.2, 0.25) is 0 Å². The predicted octanol–water partition coefficient (Wildman–Crippen LogP) is 31.0. The molecule has 0 amide bonds. The molecule has 0 atom stereocenters. The van der Waals surface area contributed by atoms with Gasteiger partial charge in [0.15, 0.2) is 40.5 Å². The first kappa shape index (κ1) is 73.9. The van der Waals surface area contributed by atoms with E-state index in [1.54, 1.807) is 0 Å². The standard InChI is InChI=1S/2C57H36N4O2/c1-4-14-37(15-5-1)38-26-31-43(32-27-38)61(49-23-12-21-46-45-20-10-11-24-50(45)63-54(46)49)44-33-28-39(29-34-44)42-30-35-51-48(36-42)53-47(22-13-25-52(53)62-51)57-59-55(40-16-6-2-7-17-40)58-56(60-57)41-18-8-3-9-19-41;1-4-13-37(14-5-1)38-23-28-43(29-24-38)61(45-32-33-47-46-19-10-11-21-50(46)63-53(47)36-45)44-30-25-39(26-31-44)42-27-34-51-49(35-42)54-48(20-12-22-52(54)62-51)57-59-55(40-15-6-2-7-16-40)58-56(60-57)41-17-8-3-9-18-41/h2*1-36H. The Morgan fingerprint density at radius 3 is 0.865 bits per heavy atom. The average Bonchev–Trinajstić information content (AvgIpc) is 1.48. The zero-order chi connectivity index (χ0) is 83.4. The summed E-state index contributed by atoms with van der Waals surface area (Å²) in [6, 6.07) is 150. The lowest BCUT2D eigenvalue weighted by atomic mass is 10.00. The van der Waals surface area contributed by atoms with Crippen molar-refractivity contribution in [3.8, 4) is 113 Å². The molecule has 592 valence electrons. The van der Waals surface area contributed by atoms with Crippen LogP contribution in [0.4, 0.5) is 34.1 Å². The first-order valence-corrected chi connectivity index (χ1v) is 42.0. The fraction of sp³-hybridized carbons (Fsp3) is 0. The van der Waals surface area contributed by atoms with Gasteiger partial charge < -0.3 is 27.5 Å². The molecule has 0 bridgehead atoms. The van der Waals surface area contributed by atoms with Crippen LogP contribution in [0.15, 0.2) is 454 Å². The molecule has 0 aliphatic carbocycles. The molecule has 0 saturated carbocycles. The molecule has 12 nitrogen and oxygen atoms in total. The molecule has 6 heterocycles. The van der Waals surface area contributed by atoms with Gasteiger partial charge in [-0.05, 0) is 160 Å². The lowest BCUT2D eigenvalue weighted by Gasteiger charge is -2.26. The molecular formula is C114H72N8O4. The summed E-state index contributed by atoms with van der Waals surface area (Å²) in [6.07, 6.45) is 0. The van der Waals surface area contributed by atoms with E-state index in [0.29, 0.717) is 34.9 Å². The highest BCUT2D eigenvalue weighted by Gasteiger charge is 2.25. The van der Waals surface area contributed by atoms with Gasteiger partial charge in [-0.15, -0.1) is 0 Å². The maximum absolute atomic E-state index is 6.60. The van der Waals surface area contributed by atoms with Crippen LogP contribution in [-0.4, -0.2) is 29.9 Å². The monoisotopic (exact) mass is 1620 g/mol. The van der Waals surface area contributed by atoms with Crippen LogP contribution in [0.25, 0.3) is 201 Å². The quantitative estimate of drug-likeness (QED) is 0.0911. The van der Waals surface area contributed by atoms with E-state index >= 15 is 0 Å². The summed E-state index contributed by atoms with van der Waals surface area (Å²) in [6.45, 7) is 0. The highest BCUT2D eigenvalue weighted by molar-refractivity contribution is 6.15. The van der Waals surface area contributed by atoms with E-state index in [1.807, 2.05) is 182 Å². The van der Waals surface area contributed by atoms with Crippen LogP contribution < -0.4 is 9.80 Å². The van der Waals surface area contributed by atoms with Gasteiger partial charge in [-0.1, -0.05) is 315 Å². The number of hydrogen-bond acceptors (Lipinski definition) is 12. The molecule has 126 heavy (non-hydrogen) atoms. The summed E-state index contributed by atoms with van der Waals surface area (Å²) >= 11 is 0. The first-order valence-electron chi connectivity index (χ1n) is 42.0. The van der Waals surface area contributed by atoms with Gasteiger partial charge in [0.25, 0.3) is 0 Å². The number of furan rings is 4. The summed E-state index contributed by atoms with van der Waals surface area (Å²) in [4.78, 5) is 34.7. The van der Waals surface area contributed by atoms with Gasteiger partial charge in [-0.25, -0.2) is 29.9 Å². The van der Waals surface area contributed by atoms with Crippen molar-refractivity contribution in [2.75, 3.05) is 9.80 Å². The second-order valence-electron chi connectivity index (χ2n) is 31.2. The van der Waals surface area contributed by atoms with Crippen molar-refractivity contribution < 1.29 is 17.7 Å². The molecule has 24 aromatic rings. The molecule has 0 N–H and O–H groups in total. The molecule has 0 fully saturated rings. The van der Waals surface area contributed by atoms with Crippen LogP contribution >= 0.6 is 0 Å². The first-order chi connectivity index (χ1) is 62.4. The van der Waals surface area contributed by atoms with E-state index in [1.165, 1.54) is 11.1 Å². The maximum Gasteiger partial charge on any atom is 0.164 e. The molecule has 0 aliphatic rings. The number of nitrogens with zero attached hydrogens (tertiary/aromatic N) is 8. The van der Waals surface area contributed by atoms with Crippen molar-refractivity contribution in [1.82, 2.24) is 29.9 Å². The lowest BCUT2D eigenvalue weighted by molar-refractivity contribution is 0.668. The van der Waals surface area contributed by atoms with Crippen molar-refractivity contribution in [3.05, 3.63) is 437 Å². The minimum atomic E-state index is 0.585. The Balaban J connectivity index is 0.000000145. The number of benzene rings is 18. The predicted molar refractivity (Wildman–Crippen MR) is 512 cm³/mol. The Kier molecular flexibility index (Phi) is 18.6. The van der Waals surface area contributed by atoms with Crippen molar-refractivity contribution in [1.29, 1.82) is 0 Å². The molecule has 6 aromatic heterocycles. The second kappa shape index (κ2) is 31.7. The highest BCUT2D eigenvalue weighted by Crippen LogP contribution is 2.47. The Morgan fingerprint density at radius 1 is 0.159 bits per heavy atom. The van der Waals surface area contributed by atoms with Crippen molar-refractivity contribution in [2.45, 2.75) is 0 Å². The molecule has 12 heteroatoms. The topological polar surface area (TPSA) is 136 Å². The number of hydrogen-bond donors (Lipinski definition) is 0. The fourth-order valence-electron chi connectivity index (χ4n) is 17.4. The van der Waals surface area contributed by atoms with Crippen molar-refractivity contribution >= 4 is 122 Å². The minimum Gasteiger partial charge on any atom is -0.456 e. The minimum absolute atomic E-state index is 0.585. The van der Waals surface area contributed by atoms with Crippen LogP contribution in [-0.2, 0) is 0 Å². The summed E-state index contributed by atoms with van der Waals surface area (Å²) in [5, 5.41) is 8.28. The number of anilines is 6. The number of para-hydroxylation sites is 3. The van der Waals surface area contributed by atoms with Gasteiger partial charge in [-0.3, -0.25) is 0 Å². The number of rotatable bonds is 16. The van der Waals surface area contributed by atoms with E-state index in [9.17, 15) is 0 Å². The number of aromatic nitrogens is 6. The average molecular weight is 1620 g/mol. The Bertz CT molecular complexity index is 8060. The van der Waals surface area contributed by atoms with Crippen LogP contribution in [0.1, 0.15) is 0 Å². The van der Waals surface area contributed by atoms with E-state index in [0.717, 1.165) is 189 Å². The van der Waals surface area contributed by atoms with Crippen LogP contribution in [0.3, 0.4) is 0 Å². The molecule has 0 unspecified atom stereocenters. The zero-order valence-electron chi connectivity index (χ0n) is 67.8. The van der Waals surface area contributed by atoms with Gasteiger partial charge in [-0.2, -0.15) is 0 Å². The third kappa shape index (κ3) is 13.8. The van der Waals surface area contributed by atoms with Crippen molar-refractivity contribution in [3.63, 3.8) is 0 Å². The van der Waals surface area contributed by atoms with E-state index in [2.05, 4.69) is 265 Å². The third-order valence-corrected chi connectivity index (χ3v) is 23.5. The second-order valence-corrected chi connectivity index (χ2v) is 31.2. The van der Waals surface area contributed by atoms with E-state index < -0.39 is 0 Å². The Morgan fingerprint density at radius 2 is 0.444 bits per heavy atom. The van der Waals surface area contributed by atoms with Gasteiger partial charge in [0.1, 0.15) is 39.1 Å². The van der Waals surface area contributed by atoms with E-state index in [4.69, 9.17) is 47.6 Å². The van der Waals surface area contributed by atoms with Gasteiger partial charge in [0, 0.05) is 111 Å². The van der Waals surface area contributed by atoms with Crippen molar-refractivity contribution in [2.24, 2.45) is 0 Å². The third-order valence-electron chi connectivity index (χ3n) is 23.5. The SMILES string of the molecule is c1ccc(-c2ccc(N(c3ccc(-c4ccc5oc6cccc(-c7nc(-c8ccccc8)nc(-c8ccccc8)n7)c6c5c4)cc3)c3ccc4c(c3)oc3ccccc34)cc2)cc1.c1ccc(-c2ccc(N(c3ccc(-c4ccc5oc6cccc(-c7nc(-c8ccccc8)nc(-c8ccccc8)n7)c6c5c4)cc3)c3cccc4c3oc3ccccc34)cc2)cc1. The normalized spacial score (nSPS) is 11.5. The summed E-state index contributed by atoms with van der Waals surface area (Å²) in [5.74, 6) is 3.63. The van der Waals surface area contributed by atoms with Gasteiger partial charge in [0.2, 0.25) is 0 Å². The van der Waals surface area contributed by atoms with Crippen LogP contribution in [0.5, 0.6) is 0 Å². The molecule has 0 aliphatic heterocycles. The summed E-state index contributed by atoms with van der Waals surface area (Å²) in [5.41, 5.74) is 27.1. The largest absolute Gasteiger partial charge is 0.456 e. The zero-order valence-corrected chi connectivity index (χ0v) is 67.8. The molecule has 0 saturated heterocycles. The van der Waals surface area contributed by atoms with Gasteiger partial charge >= 0.3 is 0 Å². The Hall–Kier alpha value is -17.2. The molecule has 0 spiro atoms. The fourth-order valence-corrected chi connectivity index (χ4v) is 17.4. The molecule has 24 rings (SSSR count). The number of fused-ring (bicyclic) bond motifs is 12. The molecule has 0 radical (unpaired) electrons. The maximum atomic E-state index is 6.60. The van der Waals surface area contributed by atoms with Gasteiger partial charge in [0.05, 0.1) is 5.69 Å². The smallest absolute Gasteiger partial charge is 0.164 e. The summed E-state index contributed by atoms with van der Waals surface area (Å²) in [7, 11) is 0. The van der Waals surface area contributed by atoms with Crippen LogP contribution in [0, 0.1) is 0 Å². The lowest BCUT2D eigenvalue weighted by Crippen LogP contribution is -2.10. The molecule has 18 aromatic carbocycles. The highest BCUT2D eigenvalue weighted by atomic mass is 16.3. The molecular weight excluding hydrogens is 1550 g/mol. The van der Waals surface area contributed by atoms with E-state index in [-0.39, 0.29) is 0 Å².